The van der Waals surface area contributed by atoms with Crippen LogP contribution in [0.15, 0.2) is 46.6 Å². The van der Waals surface area contributed by atoms with Crippen LogP contribution in [-0.2, 0) is 9.59 Å². The number of rotatable bonds is 9. The zero-order chi connectivity index (χ0) is 23.6. The number of thioether (sulfide) groups is 1. The van der Waals surface area contributed by atoms with Crippen LogP contribution < -0.4 is 22.1 Å². The van der Waals surface area contributed by atoms with E-state index in [0.29, 0.717) is 17.3 Å². The first-order chi connectivity index (χ1) is 14.5. The molecular weight excluding hydrogens is 416 g/mol. The number of carbonyl (C=O) groups is 2. The first-order valence-electron chi connectivity index (χ1n) is 9.53. The average Bonchev–Trinajstić information content (AvgIpc) is 2.71. The molecule has 0 heterocycles. The Balaban J connectivity index is 2.52. The highest BCUT2D eigenvalue weighted by Gasteiger charge is 2.21. The van der Waals surface area contributed by atoms with Crippen molar-refractivity contribution >= 4 is 40.8 Å². The number of likely N-dealkylation sites (N-methyl/N-ethyl adjacent to an activating group) is 1. The fourth-order valence-electron chi connectivity index (χ4n) is 2.22. The van der Waals surface area contributed by atoms with Gasteiger partial charge in [0.15, 0.2) is 0 Å². The minimum absolute atomic E-state index is 0.00409. The number of carbonyl (C=O) groups excluding carboxylic acids is 2. The van der Waals surface area contributed by atoms with Gasteiger partial charge in [-0.3, -0.25) is 14.6 Å². The molecule has 0 aromatic heterocycles. The molecule has 1 aromatic carbocycles. The summed E-state index contributed by atoms with van der Waals surface area (Å²) in [6.45, 7) is 5.55. The molecule has 0 saturated heterocycles. The molecule has 9 nitrogen and oxygen atoms in total. The van der Waals surface area contributed by atoms with Gasteiger partial charge in [-0.15, -0.1) is 11.8 Å². The van der Waals surface area contributed by atoms with E-state index in [0.717, 1.165) is 11.8 Å². The molecule has 0 radical (unpaired) electrons. The predicted octanol–water partition coefficient (Wildman–Crippen LogP) is 2.05. The van der Waals surface area contributed by atoms with Crippen LogP contribution in [0.4, 0.5) is 5.69 Å². The molecule has 0 bridgehead atoms. The Kier molecular flexibility index (Phi) is 9.94. The van der Waals surface area contributed by atoms with E-state index >= 15 is 0 Å². The Morgan fingerprint density at radius 1 is 1.23 bits per heavy atom. The largest absolute Gasteiger partial charge is 0.513 e. The first-order valence-corrected chi connectivity index (χ1v) is 10.6. The van der Waals surface area contributed by atoms with Gasteiger partial charge >= 0.3 is 0 Å². The summed E-state index contributed by atoms with van der Waals surface area (Å²) in [5.41, 5.74) is 13.6. The monoisotopic (exact) mass is 448 g/mol. The number of nitrogens with zero attached hydrogens (tertiary/aromatic N) is 2. The minimum Gasteiger partial charge on any atom is -0.513 e. The highest BCUT2D eigenvalue weighted by Crippen LogP contribution is 2.20. The lowest BCUT2D eigenvalue weighted by Gasteiger charge is -2.20. The maximum absolute atomic E-state index is 12.1. The number of aliphatic hydroxyl groups excluding tert-OH is 1. The highest BCUT2D eigenvalue weighted by atomic mass is 32.2. The second-order valence-electron chi connectivity index (χ2n) is 7.74. The Bertz CT molecular complexity index is 857. The molecule has 0 unspecified atom stereocenters. The summed E-state index contributed by atoms with van der Waals surface area (Å²) in [5, 5.41) is 16.6. The molecule has 31 heavy (non-hydrogen) atoms. The van der Waals surface area contributed by atoms with E-state index in [9.17, 15) is 14.7 Å². The van der Waals surface area contributed by atoms with Crippen LogP contribution in [0, 0.1) is 5.41 Å². The van der Waals surface area contributed by atoms with E-state index in [2.05, 4.69) is 15.6 Å². The lowest BCUT2D eigenvalue weighted by Crippen LogP contribution is -2.37. The standard InChI is InChI=1S/C21H32N6O3S/c1-21(2,3)20(30)26-15-8-6-14(7-9-15)16(22)12-31-13-25-18(29)10-27(5)17(11-28)19(23)24-4/h6-9,11-12,28H,10,13,22H2,1-5H3,(H2,23,24)(H,25,29)(H,26,30)/b16-12-,17-11?. The van der Waals surface area contributed by atoms with Crippen LogP contribution in [0.2, 0.25) is 0 Å². The zero-order valence-electron chi connectivity index (χ0n) is 18.6. The second-order valence-corrected chi connectivity index (χ2v) is 8.60. The molecule has 0 spiro atoms. The van der Waals surface area contributed by atoms with Crippen LogP contribution >= 0.6 is 11.8 Å². The maximum Gasteiger partial charge on any atom is 0.240 e. The van der Waals surface area contributed by atoms with Crippen LogP contribution in [0.3, 0.4) is 0 Å². The normalized spacial score (nSPS) is 13.0. The van der Waals surface area contributed by atoms with Crippen molar-refractivity contribution in [2.45, 2.75) is 20.8 Å². The average molecular weight is 449 g/mol. The van der Waals surface area contributed by atoms with E-state index in [1.165, 1.54) is 23.7 Å². The summed E-state index contributed by atoms with van der Waals surface area (Å²) in [5.74, 6) is 0.144. The third-order valence-electron chi connectivity index (χ3n) is 4.14. The number of anilines is 1. The van der Waals surface area contributed by atoms with Gasteiger partial charge in [0.2, 0.25) is 11.8 Å². The smallest absolute Gasteiger partial charge is 0.240 e. The van der Waals surface area contributed by atoms with E-state index in [1.54, 1.807) is 24.6 Å². The molecular formula is C21H32N6O3S. The van der Waals surface area contributed by atoms with Gasteiger partial charge in [-0.1, -0.05) is 32.9 Å². The van der Waals surface area contributed by atoms with Gasteiger partial charge < -0.3 is 32.1 Å². The van der Waals surface area contributed by atoms with Gasteiger partial charge in [0.25, 0.3) is 0 Å². The molecule has 0 atom stereocenters. The van der Waals surface area contributed by atoms with Crippen molar-refractivity contribution in [3.05, 3.63) is 47.2 Å². The summed E-state index contributed by atoms with van der Waals surface area (Å²) < 4.78 is 0. The van der Waals surface area contributed by atoms with E-state index in [-0.39, 0.29) is 29.9 Å². The Labute approximate surface area is 187 Å². The Morgan fingerprint density at radius 3 is 2.35 bits per heavy atom. The summed E-state index contributed by atoms with van der Waals surface area (Å²) in [4.78, 5) is 29.4. The van der Waals surface area contributed by atoms with Crippen molar-refractivity contribution in [3.63, 3.8) is 0 Å². The Morgan fingerprint density at radius 2 is 1.84 bits per heavy atom. The SMILES string of the molecule is CN=C(N)C(=CO)N(C)CC(=O)NCS/C=C(\N)c1ccc(NC(=O)C(C)(C)C)cc1. The van der Waals surface area contributed by atoms with Crippen molar-refractivity contribution in [3.8, 4) is 0 Å². The van der Waals surface area contributed by atoms with Gasteiger partial charge in [-0.05, 0) is 23.1 Å². The molecule has 7 N–H and O–H groups in total. The van der Waals surface area contributed by atoms with Gasteiger partial charge in [0.05, 0.1) is 12.4 Å². The number of hydrogen-bond acceptors (Lipinski definition) is 7. The molecule has 0 aliphatic heterocycles. The van der Waals surface area contributed by atoms with E-state index in [1.807, 2.05) is 32.9 Å². The number of aliphatic hydroxyl groups is 1. The Hall–Kier alpha value is -3.14. The number of nitrogens with two attached hydrogens (primary N) is 2. The number of benzene rings is 1. The van der Waals surface area contributed by atoms with E-state index < -0.39 is 5.41 Å². The topological polar surface area (TPSA) is 146 Å². The van der Waals surface area contributed by atoms with Gasteiger partial charge in [0, 0.05) is 30.9 Å². The van der Waals surface area contributed by atoms with Crippen molar-refractivity contribution in [2.75, 3.05) is 31.8 Å². The molecule has 2 amide bonds. The fourth-order valence-corrected chi connectivity index (χ4v) is 2.86. The minimum atomic E-state index is -0.473. The number of aliphatic imine (C=N–C) groups is 1. The number of nitrogens with one attached hydrogen (secondary N) is 2. The molecule has 170 valence electrons. The lowest BCUT2D eigenvalue weighted by molar-refractivity contribution is -0.123. The summed E-state index contributed by atoms with van der Waals surface area (Å²) >= 11 is 1.34. The van der Waals surface area contributed by atoms with Crippen LogP contribution in [-0.4, -0.2) is 54.2 Å². The van der Waals surface area contributed by atoms with Crippen LogP contribution in [0.1, 0.15) is 26.3 Å². The predicted molar refractivity (Wildman–Crippen MR) is 128 cm³/mol. The fraction of sp³-hybridized carbons (Fsp3) is 0.381. The molecule has 10 heteroatoms. The number of amidine groups is 1. The molecule has 0 fully saturated rings. The molecule has 0 aliphatic rings. The summed E-state index contributed by atoms with van der Waals surface area (Å²) in [7, 11) is 3.12. The number of hydrogen-bond donors (Lipinski definition) is 5. The van der Waals surface area contributed by atoms with Gasteiger partial charge in [-0.25, -0.2) is 0 Å². The molecule has 1 rings (SSSR count). The first kappa shape index (κ1) is 25.9. The second kappa shape index (κ2) is 11.9. The maximum atomic E-state index is 12.1. The lowest BCUT2D eigenvalue weighted by atomic mass is 9.95. The summed E-state index contributed by atoms with van der Waals surface area (Å²) in [6, 6.07) is 7.22. The molecule has 0 saturated carbocycles. The van der Waals surface area contributed by atoms with Gasteiger partial charge in [0.1, 0.15) is 17.8 Å². The molecule has 0 aliphatic carbocycles. The van der Waals surface area contributed by atoms with Crippen molar-refractivity contribution in [1.29, 1.82) is 0 Å². The van der Waals surface area contributed by atoms with Crippen molar-refractivity contribution in [2.24, 2.45) is 21.9 Å². The number of amides is 2. The highest BCUT2D eigenvalue weighted by molar-refractivity contribution is 8.02. The van der Waals surface area contributed by atoms with Gasteiger partial charge in [-0.2, -0.15) is 0 Å². The third-order valence-corrected chi connectivity index (χ3v) is 4.87. The zero-order valence-corrected chi connectivity index (χ0v) is 19.4. The van der Waals surface area contributed by atoms with Crippen molar-refractivity contribution < 1.29 is 14.7 Å². The quantitative estimate of drug-likeness (QED) is 0.128. The third kappa shape index (κ3) is 8.63. The van der Waals surface area contributed by atoms with E-state index in [4.69, 9.17) is 11.5 Å². The molecule has 1 aromatic rings. The van der Waals surface area contributed by atoms with Crippen LogP contribution in [0.25, 0.3) is 5.70 Å². The summed E-state index contributed by atoms with van der Waals surface area (Å²) in [6.07, 6.45) is 0.813. The van der Waals surface area contributed by atoms with Crippen molar-refractivity contribution in [1.82, 2.24) is 10.2 Å². The van der Waals surface area contributed by atoms with Crippen LogP contribution in [0.5, 0.6) is 0 Å².